The Balaban J connectivity index is 2.11. The van der Waals surface area contributed by atoms with E-state index in [-0.39, 0.29) is 12.1 Å². The van der Waals surface area contributed by atoms with Gasteiger partial charge in [0.15, 0.2) is 5.65 Å². The van der Waals surface area contributed by atoms with Crippen LogP contribution in [0, 0.1) is 17.1 Å². The quantitative estimate of drug-likeness (QED) is 0.708. The zero-order valence-corrected chi connectivity index (χ0v) is 11.1. The average Bonchev–Trinajstić information content (AvgIpc) is 2.84. The summed E-state index contributed by atoms with van der Waals surface area (Å²) in [4.78, 5) is 16.5. The highest BCUT2D eigenvalue weighted by molar-refractivity contribution is 5.72. The van der Waals surface area contributed by atoms with E-state index in [1.807, 2.05) is 6.07 Å². The van der Waals surface area contributed by atoms with Crippen molar-refractivity contribution in [1.82, 2.24) is 19.3 Å². The van der Waals surface area contributed by atoms with E-state index < -0.39 is 5.82 Å². The molecule has 0 unspecified atom stereocenters. The third-order valence-electron chi connectivity index (χ3n) is 3.25. The second-order valence-electron chi connectivity index (χ2n) is 4.60. The second kappa shape index (κ2) is 4.83. The molecule has 0 aliphatic carbocycles. The van der Waals surface area contributed by atoms with Crippen molar-refractivity contribution < 1.29 is 4.39 Å². The fourth-order valence-corrected chi connectivity index (χ4v) is 2.16. The van der Waals surface area contributed by atoms with Gasteiger partial charge in [0.05, 0.1) is 24.4 Å². The lowest BCUT2D eigenvalue weighted by Gasteiger charge is -2.07. The van der Waals surface area contributed by atoms with Gasteiger partial charge in [-0.25, -0.2) is 9.37 Å². The molecule has 104 valence electrons. The molecule has 0 N–H and O–H groups in total. The van der Waals surface area contributed by atoms with Crippen molar-refractivity contribution in [2.75, 3.05) is 0 Å². The number of hydrogen-bond acceptors (Lipinski definition) is 4. The van der Waals surface area contributed by atoms with Gasteiger partial charge in [0.2, 0.25) is 0 Å². The highest BCUT2D eigenvalue weighted by Crippen LogP contribution is 2.12. The zero-order chi connectivity index (χ0) is 15.0. The van der Waals surface area contributed by atoms with E-state index >= 15 is 0 Å². The van der Waals surface area contributed by atoms with Crippen LogP contribution >= 0.6 is 0 Å². The molecule has 0 fully saturated rings. The highest BCUT2D eigenvalue weighted by Gasteiger charge is 2.10. The molecular weight excluding hydrogens is 273 g/mol. The van der Waals surface area contributed by atoms with Crippen LogP contribution in [-0.4, -0.2) is 19.3 Å². The number of aromatic nitrogens is 4. The van der Waals surface area contributed by atoms with E-state index in [4.69, 9.17) is 5.26 Å². The maximum absolute atomic E-state index is 13.3. The summed E-state index contributed by atoms with van der Waals surface area (Å²) < 4.78 is 16.2. The van der Waals surface area contributed by atoms with Gasteiger partial charge in [0.25, 0.3) is 5.56 Å². The van der Waals surface area contributed by atoms with Crippen LogP contribution in [0.4, 0.5) is 4.39 Å². The molecule has 2 aromatic heterocycles. The second-order valence-corrected chi connectivity index (χ2v) is 4.60. The van der Waals surface area contributed by atoms with Crippen LogP contribution in [0.2, 0.25) is 0 Å². The number of nitrogens with zero attached hydrogens (tertiary/aromatic N) is 5. The molecule has 0 saturated carbocycles. The lowest BCUT2D eigenvalue weighted by Crippen LogP contribution is -2.21. The highest BCUT2D eigenvalue weighted by atomic mass is 19.1. The van der Waals surface area contributed by atoms with Gasteiger partial charge >= 0.3 is 0 Å². The Hall–Kier alpha value is -3.01. The SMILES string of the molecule is Cn1ncc2c(=O)n(Cc3cc(F)ccc3C#N)cnc21. The van der Waals surface area contributed by atoms with Gasteiger partial charge in [-0.3, -0.25) is 14.0 Å². The summed E-state index contributed by atoms with van der Waals surface area (Å²) in [5, 5.41) is 13.4. The van der Waals surface area contributed by atoms with Crippen LogP contribution in [0.3, 0.4) is 0 Å². The molecule has 0 spiro atoms. The number of rotatable bonds is 2. The molecule has 3 aromatic rings. The molecule has 0 atom stereocenters. The minimum Gasteiger partial charge on any atom is -0.294 e. The van der Waals surface area contributed by atoms with Crippen LogP contribution in [0.5, 0.6) is 0 Å². The van der Waals surface area contributed by atoms with E-state index in [1.165, 1.54) is 40.0 Å². The summed E-state index contributed by atoms with van der Waals surface area (Å²) in [7, 11) is 1.69. The number of hydrogen-bond donors (Lipinski definition) is 0. The molecule has 7 heteroatoms. The largest absolute Gasteiger partial charge is 0.294 e. The molecule has 3 rings (SSSR count). The molecule has 1 aromatic carbocycles. The third-order valence-corrected chi connectivity index (χ3v) is 3.25. The topological polar surface area (TPSA) is 76.5 Å². The van der Waals surface area contributed by atoms with Crippen LogP contribution in [-0.2, 0) is 13.6 Å². The van der Waals surface area contributed by atoms with E-state index in [1.54, 1.807) is 7.05 Å². The summed E-state index contributed by atoms with van der Waals surface area (Å²) >= 11 is 0. The molecule has 0 amide bonds. The van der Waals surface area contributed by atoms with E-state index in [2.05, 4.69) is 10.1 Å². The van der Waals surface area contributed by atoms with Crippen LogP contribution in [0.25, 0.3) is 11.0 Å². The summed E-state index contributed by atoms with van der Waals surface area (Å²) in [6, 6.07) is 5.84. The van der Waals surface area contributed by atoms with Crippen molar-refractivity contribution in [2.24, 2.45) is 7.05 Å². The van der Waals surface area contributed by atoms with E-state index in [0.29, 0.717) is 22.2 Å². The van der Waals surface area contributed by atoms with Crippen molar-refractivity contribution >= 4 is 11.0 Å². The molecule has 0 saturated heterocycles. The molecule has 0 aliphatic rings. The fourth-order valence-electron chi connectivity index (χ4n) is 2.16. The van der Waals surface area contributed by atoms with Gasteiger partial charge in [-0.1, -0.05) is 0 Å². The summed E-state index contributed by atoms with van der Waals surface area (Å²) in [6.07, 6.45) is 2.82. The normalized spacial score (nSPS) is 10.7. The third kappa shape index (κ3) is 2.17. The Morgan fingerprint density at radius 1 is 1.43 bits per heavy atom. The maximum Gasteiger partial charge on any atom is 0.264 e. The Labute approximate surface area is 118 Å². The van der Waals surface area contributed by atoms with Crippen LogP contribution < -0.4 is 5.56 Å². The van der Waals surface area contributed by atoms with Gasteiger partial charge in [-0.2, -0.15) is 10.4 Å². The van der Waals surface area contributed by atoms with Crippen LogP contribution in [0.15, 0.2) is 35.5 Å². The minimum absolute atomic E-state index is 0.0807. The molecule has 0 radical (unpaired) electrons. The predicted octanol–water partition coefficient (Wildman–Crippen LogP) is 1.19. The molecule has 2 heterocycles. The number of halogens is 1. The van der Waals surface area contributed by atoms with Gasteiger partial charge in [-0.15, -0.1) is 0 Å². The van der Waals surface area contributed by atoms with Crippen molar-refractivity contribution in [2.45, 2.75) is 6.54 Å². The number of aryl methyl sites for hydroxylation is 1. The number of benzene rings is 1. The maximum atomic E-state index is 13.3. The lowest BCUT2D eigenvalue weighted by molar-refractivity contribution is 0.622. The molecular formula is C14H10FN5O. The van der Waals surface area contributed by atoms with Crippen molar-refractivity contribution in [3.63, 3.8) is 0 Å². The molecule has 21 heavy (non-hydrogen) atoms. The summed E-state index contributed by atoms with van der Waals surface area (Å²) in [6.45, 7) is 0.0807. The summed E-state index contributed by atoms with van der Waals surface area (Å²) in [5.41, 5.74) is 0.969. The Morgan fingerprint density at radius 2 is 2.24 bits per heavy atom. The van der Waals surface area contributed by atoms with Gasteiger partial charge < -0.3 is 0 Å². The lowest BCUT2D eigenvalue weighted by atomic mass is 10.1. The van der Waals surface area contributed by atoms with E-state index in [0.717, 1.165) is 0 Å². The van der Waals surface area contributed by atoms with E-state index in [9.17, 15) is 9.18 Å². The van der Waals surface area contributed by atoms with Gasteiger partial charge in [0.1, 0.15) is 17.5 Å². The first-order valence-corrected chi connectivity index (χ1v) is 6.16. The fraction of sp³-hybridized carbons (Fsp3) is 0.143. The number of fused-ring (bicyclic) bond motifs is 1. The summed E-state index contributed by atoms with van der Waals surface area (Å²) in [5.74, 6) is -0.451. The Kier molecular flexibility index (Phi) is 2.99. The van der Waals surface area contributed by atoms with Crippen molar-refractivity contribution in [1.29, 1.82) is 5.26 Å². The first-order chi connectivity index (χ1) is 10.1. The standard InChI is InChI=1S/C14H10FN5O/c1-19-13-12(6-18-19)14(21)20(8-17-13)7-10-4-11(15)3-2-9(10)5-16/h2-4,6,8H,7H2,1H3. The number of nitriles is 1. The monoisotopic (exact) mass is 283 g/mol. The Morgan fingerprint density at radius 3 is 3.00 bits per heavy atom. The first kappa shape index (κ1) is 13.0. The van der Waals surface area contributed by atoms with Crippen LogP contribution in [0.1, 0.15) is 11.1 Å². The smallest absolute Gasteiger partial charge is 0.264 e. The molecule has 6 nitrogen and oxygen atoms in total. The van der Waals surface area contributed by atoms with Crippen molar-refractivity contribution in [3.8, 4) is 6.07 Å². The predicted molar refractivity (Wildman–Crippen MR) is 73.0 cm³/mol. The van der Waals surface area contributed by atoms with Crippen molar-refractivity contribution in [3.05, 3.63) is 58.0 Å². The molecule has 0 aliphatic heterocycles. The minimum atomic E-state index is -0.451. The molecule has 0 bridgehead atoms. The average molecular weight is 283 g/mol. The zero-order valence-electron chi connectivity index (χ0n) is 11.1. The van der Waals surface area contributed by atoms with Gasteiger partial charge in [-0.05, 0) is 23.8 Å². The first-order valence-electron chi connectivity index (χ1n) is 6.16. The van der Waals surface area contributed by atoms with Gasteiger partial charge in [0, 0.05) is 7.05 Å². The Bertz CT molecular complexity index is 935.